The second-order valence-corrected chi connectivity index (χ2v) is 5.16. The third-order valence-electron chi connectivity index (χ3n) is 2.79. The van der Waals surface area contributed by atoms with Crippen LogP contribution < -0.4 is 5.32 Å². The standard InChI is InChI=1S/C14H14N4OS/c1-2-5-11(6-3-1)16-8-4-7-13-17-14(18-19-13)12-9-15-10-20-12/h1-3,5-6,9-10,16H,4,7-8H2. The first kappa shape index (κ1) is 12.8. The van der Waals surface area contributed by atoms with Crippen molar-refractivity contribution in [2.45, 2.75) is 12.8 Å². The minimum atomic E-state index is 0.624. The molecule has 0 saturated carbocycles. The number of nitrogens with one attached hydrogen (secondary N) is 1. The normalized spacial score (nSPS) is 10.6. The summed E-state index contributed by atoms with van der Waals surface area (Å²) < 4.78 is 5.23. The van der Waals surface area contributed by atoms with E-state index in [1.54, 1.807) is 11.7 Å². The van der Waals surface area contributed by atoms with Gasteiger partial charge in [0.2, 0.25) is 11.7 Å². The molecule has 0 aliphatic rings. The van der Waals surface area contributed by atoms with Crippen LogP contribution in [-0.2, 0) is 6.42 Å². The molecule has 1 aromatic carbocycles. The number of aryl methyl sites for hydroxylation is 1. The number of hydrogen-bond acceptors (Lipinski definition) is 6. The van der Waals surface area contributed by atoms with Crippen LogP contribution >= 0.6 is 11.3 Å². The summed E-state index contributed by atoms with van der Waals surface area (Å²) >= 11 is 1.51. The van der Waals surface area contributed by atoms with Crippen LogP contribution in [0.1, 0.15) is 12.3 Å². The van der Waals surface area contributed by atoms with Gasteiger partial charge in [-0.3, -0.25) is 4.98 Å². The molecule has 0 saturated heterocycles. The number of hydrogen-bond donors (Lipinski definition) is 1. The summed E-state index contributed by atoms with van der Waals surface area (Å²) in [5.41, 5.74) is 2.89. The molecule has 1 N–H and O–H groups in total. The number of anilines is 1. The van der Waals surface area contributed by atoms with Crippen molar-refractivity contribution in [3.8, 4) is 10.7 Å². The van der Waals surface area contributed by atoms with Gasteiger partial charge in [-0.2, -0.15) is 4.98 Å². The fourth-order valence-corrected chi connectivity index (χ4v) is 2.36. The highest BCUT2D eigenvalue weighted by molar-refractivity contribution is 7.13. The minimum Gasteiger partial charge on any atom is -0.385 e. The average Bonchev–Trinajstić information content (AvgIpc) is 3.15. The van der Waals surface area contributed by atoms with E-state index in [2.05, 4.69) is 32.6 Å². The molecule has 2 heterocycles. The number of para-hydroxylation sites is 1. The smallest absolute Gasteiger partial charge is 0.227 e. The molecule has 20 heavy (non-hydrogen) atoms. The van der Waals surface area contributed by atoms with Crippen LogP contribution in [0.3, 0.4) is 0 Å². The maximum Gasteiger partial charge on any atom is 0.227 e. The lowest BCUT2D eigenvalue weighted by atomic mass is 10.3. The predicted molar refractivity (Wildman–Crippen MR) is 78.7 cm³/mol. The highest BCUT2D eigenvalue weighted by Gasteiger charge is 2.09. The Morgan fingerprint density at radius 2 is 2.10 bits per heavy atom. The molecule has 102 valence electrons. The lowest BCUT2D eigenvalue weighted by Gasteiger charge is -2.03. The van der Waals surface area contributed by atoms with Crippen molar-refractivity contribution in [1.82, 2.24) is 15.1 Å². The van der Waals surface area contributed by atoms with Crippen molar-refractivity contribution >= 4 is 17.0 Å². The molecule has 0 spiro atoms. The molecule has 0 unspecified atom stereocenters. The molecule has 6 heteroatoms. The zero-order valence-corrected chi connectivity index (χ0v) is 11.6. The second kappa shape index (κ2) is 6.29. The summed E-state index contributed by atoms with van der Waals surface area (Å²) in [6.07, 6.45) is 3.46. The van der Waals surface area contributed by atoms with Gasteiger partial charge >= 0.3 is 0 Å². The summed E-state index contributed by atoms with van der Waals surface area (Å²) in [6.45, 7) is 0.877. The van der Waals surface area contributed by atoms with Gasteiger partial charge in [-0.1, -0.05) is 23.4 Å². The first-order valence-electron chi connectivity index (χ1n) is 6.42. The fraction of sp³-hybridized carbons (Fsp3) is 0.214. The highest BCUT2D eigenvalue weighted by atomic mass is 32.1. The molecule has 2 aromatic heterocycles. The molecule has 3 rings (SSSR count). The third kappa shape index (κ3) is 3.21. The summed E-state index contributed by atoms with van der Waals surface area (Å²) in [7, 11) is 0. The molecule has 3 aromatic rings. The summed E-state index contributed by atoms with van der Waals surface area (Å²) in [6, 6.07) is 10.1. The zero-order chi connectivity index (χ0) is 13.6. The van der Waals surface area contributed by atoms with Crippen molar-refractivity contribution in [2.24, 2.45) is 0 Å². The van der Waals surface area contributed by atoms with Crippen LogP contribution in [0.2, 0.25) is 0 Å². The Kier molecular flexibility index (Phi) is 4.03. The van der Waals surface area contributed by atoms with Crippen LogP contribution in [0.4, 0.5) is 5.69 Å². The van der Waals surface area contributed by atoms with Crippen LogP contribution in [0.25, 0.3) is 10.7 Å². The Morgan fingerprint density at radius 1 is 1.20 bits per heavy atom. The van der Waals surface area contributed by atoms with E-state index in [0.717, 1.165) is 30.0 Å². The molecular weight excluding hydrogens is 272 g/mol. The number of thiazole rings is 1. The van der Waals surface area contributed by atoms with Crippen LogP contribution in [0, 0.1) is 0 Å². The zero-order valence-electron chi connectivity index (χ0n) is 10.8. The first-order chi connectivity index (χ1) is 9.92. The third-order valence-corrected chi connectivity index (χ3v) is 3.56. The first-order valence-corrected chi connectivity index (χ1v) is 7.30. The topological polar surface area (TPSA) is 63.8 Å². The summed E-state index contributed by atoms with van der Waals surface area (Å²) in [4.78, 5) is 9.30. The van der Waals surface area contributed by atoms with Crippen LogP contribution in [-0.4, -0.2) is 21.7 Å². The van der Waals surface area contributed by atoms with Crippen LogP contribution in [0.5, 0.6) is 0 Å². The molecule has 0 bridgehead atoms. The Bertz CT molecular complexity index is 636. The van der Waals surface area contributed by atoms with E-state index in [0.29, 0.717) is 11.7 Å². The van der Waals surface area contributed by atoms with Crippen molar-refractivity contribution in [1.29, 1.82) is 0 Å². The van der Waals surface area contributed by atoms with Crippen molar-refractivity contribution in [2.75, 3.05) is 11.9 Å². The van der Waals surface area contributed by atoms with Gasteiger partial charge in [-0.05, 0) is 18.6 Å². The lowest BCUT2D eigenvalue weighted by Crippen LogP contribution is -2.02. The molecule has 0 aliphatic heterocycles. The number of benzene rings is 1. The summed E-state index contributed by atoms with van der Waals surface area (Å²) in [5.74, 6) is 1.29. The Morgan fingerprint density at radius 3 is 2.90 bits per heavy atom. The number of aromatic nitrogens is 3. The minimum absolute atomic E-state index is 0.624. The molecule has 0 aliphatic carbocycles. The quantitative estimate of drug-likeness (QED) is 0.705. The summed E-state index contributed by atoms with van der Waals surface area (Å²) in [5, 5.41) is 7.31. The van der Waals surface area contributed by atoms with Gasteiger partial charge in [0.05, 0.1) is 10.4 Å². The van der Waals surface area contributed by atoms with Gasteiger partial charge in [-0.25, -0.2) is 0 Å². The maximum absolute atomic E-state index is 5.23. The fourth-order valence-electron chi connectivity index (χ4n) is 1.81. The predicted octanol–water partition coefficient (Wildman–Crippen LogP) is 3.24. The van der Waals surface area contributed by atoms with Gasteiger partial charge in [-0.15, -0.1) is 11.3 Å². The van der Waals surface area contributed by atoms with E-state index in [-0.39, 0.29) is 0 Å². The lowest BCUT2D eigenvalue weighted by molar-refractivity contribution is 0.377. The van der Waals surface area contributed by atoms with E-state index >= 15 is 0 Å². The maximum atomic E-state index is 5.23. The monoisotopic (exact) mass is 286 g/mol. The van der Waals surface area contributed by atoms with E-state index in [9.17, 15) is 0 Å². The Balaban J connectivity index is 1.47. The van der Waals surface area contributed by atoms with Crippen molar-refractivity contribution < 1.29 is 4.52 Å². The molecule has 0 fully saturated rings. The number of rotatable bonds is 6. The van der Waals surface area contributed by atoms with E-state index < -0.39 is 0 Å². The Hall–Kier alpha value is -2.21. The Labute approximate surface area is 120 Å². The molecule has 5 nitrogen and oxygen atoms in total. The van der Waals surface area contributed by atoms with Crippen molar-refractivity contribution in [3.05, 3.63) is 47.9 Å². The molecular formula is C14H14N4OS. The second-order valence-electron chi connectivity index (χ2n) is 4.27. The molecule has 0 radical (unpaired) electrons. The molecule has 0 amide bonds. The van der Waals surface area contributed by atoms with E-state index in [1.807, 2.05) is 18.2 Å². The SMILES string of the molecule is c1ccc(NCCCc2nc(-c3cncs3)no2)cc1. The van der Waals surface area contributed by atoms with Crippen LogP contribution in [0.15, 0.2) is 46.6 Å². The molecule has 0 atom stereocenters. The highest BCUT2D eigenvalue weighted by Crippen LogP contribution is 2.19. The van der Waals surface area contributed by atoms with E-state index in [1.165, 1.54) is 11.3 Å². The van der Waals surface area contributed by atoms with Crippen molar-refractivity contribution in [3.63, 3.8) is 0 Å². The van der Waals surface area contributed by atoms with Gasteiger partial charge in [0, 0.05) is 24.8 Å². The van der Waals surface area contributed by atoms with Gasteiger partial charge in [0.1, 0.15) is 0 Å². The van der Waals surface area contributed by atoms with Gasteiger partial charge in [0.15, 0.2) is 0 Å². The van der Waals surface area contributed by atoms with Gasteiger partial charge in [0.25, 0.3) is 0 Å². The average molecular weight is 286 g/mol. The largest absolute Gasteiger partial charge is 0.385 e. The van der Waals surface area contributed by atoms with Gasteiger partial charge < -0.3 is 9.84 Å². The van der Waals surface area contributed by atoms with E-state index in [4.69, 9.17) is 4.52 Å². The number of nitrogens with zero attached hydrogens (tertiary/aromatic N) is 3.